The zero-order valence-electron chi connectivity index (χ0n) is 9.80. The van der Waals surface area contributed by atoms with E-state index >= 15 is 0 Å². The van der Waals surface area contributed by atoms with Crippen LogP contribution in [0.15, 0.2) is 23.3 Å². The summed E-state index contributed by atoms with van der Waals surface area (Å²) >= 11 is 0. The van der Waals surface area contributed by atoms with Gasteiger partial charge in [-0.25, -0.2) is 0 Å². The maximum atomic E-state index is 9.70. The van der Waals surface area contributed by atoms with E-state index in [0.29, 0.717) is 0 Å². The predicted octanol–water partition coefficient (Wildman–Crippen LogP) is 3.45. The molecular weight excluding hydrogens is 172 g/mol. The van der Waals surface area contributed by atoms with Crippen molar-refractivity contribution in [3.8, 4) is 0 Å². The van der Waals surface area contributed by atoms with Crippen molar-refractivity contribution in [3.05, 3.63) is 23.3 Å². The predicted molar refractivity (Wildman–Crippen MR) is 61.2 cm³/mol. The summed E-state index contributed by atoms with van der Waals surface area (Å²) < 4.78 is 0. The van der Waals surface area contributed by atoms with Crippen LogP contribution in [0.2, 0.25) is 0 Å². The molecule has 1 atom stereocenters. The second kappa shape index (κ2) is 4.31. The van der Waals surface area contributed by atoms with E-state index in [4.69, 9.17) is 0 Å². The normalized spacial score (nSPS) is 27.4. The fraction of sp³-hybridized carbons (Fsp3) is 0.692. The minimum Gasteiger partial charge on any atom is -0.393 e. The molecule has 14 heavy (non-hydrogen) atoms. The fourth-order valence-corrected chi connectivity index (χ4v) is 2.42. The molecule has 1 nitrogen and oxygen atoms in total. The number of aliphatic hydroxyl groups excluding tert-OH is 1. The molecule has 0 radical (unpaired) electrons. The van der Waals surface area contributed by atoms with E-state index < -0.39 is 0 Å². The first-order valence-electron chi connectivity index (χ1n) is 5.52. The Morgan fingerprint density at radius 1 is 1.50 bits per heavy atom. The molecule has 0 aromatic carbocycles. The number of allylic oxidation sites excluding steroid dienone is 3. The standard InChI is InChI=1S/C13H22O/c1-5-6-7-12-10(2)8-11(14)9-13(12,3)4/h6-7,11,14H,5,8-9H2,1-4H3/b7-6+. The van der Waals surface area contributed by atoms with Gasteiger partial charge in [0.1, 0.15) is 0 Å². The van der Waals surface area contributed by atoms with Gasteiger partial charge in [-0.05, 0) is 37.2 Å². The molecule has 0 aromatic rings. The van der Waals surface area contributed by atoms with Crippen molar-refractivity contribution in [1.82, 2.24) is 0 Å². The van der Waals surface area contributed by atoms with Crippen molar-refractivity contribution in [2.45, 2.75) is 53.1 Å². The Bertz CT molecular complexity index is 258. The summed E-state index contributed by atoms with van der Waals surface area (Å²) in [5, 5.41) is 9.70. The molecule has 1 aliphatic carbocycles. The highest BCUT2D eigenvalue weighted by Crippen LogP contribution is 2.40. The molecule has 1 unspecified atom stereocenters. The number of rotatable bonds is 2. The summed E-state index contributed by atoms with van der Waals surface area (Å²) in [5.41, 5.74) is 2.90. The van der Waals surface area contributed by atoms with Gasteiger partial charge in [0.15, 0.2) is 0 Å². The Balaban J connectivity index is 2.96. The highest BCUT2D eigenvalue weighted by atomic mass is 16.3. The fourth-order valence-electron chi connectivity index (χ4n) is 2.42. The lowest BCUT2D eigenvalue weighted by Crippen LogP contribution is -2.28. The van der Waals surface area contributed by atoms with Crippen LogP contribution in [0, 0.1) is 5.41 Å². The van der Waals surface area contributed by atoms with Gasteiger partial charge < -0.3 is 5.11 Å². The monoisotopic (exact) mass is 194 g/mol. The van der Waals surface area contributed by atoms with Crippen molar-refractivity contribution in [3.63, 3.8) is 0 Å². The van der Waals surface area contributed by atoms with E-state index in [2.05, 4.69) is 39.8 Å². The maximum Gasteiger partial charge on any atom is 0.0585 e. The molecule has 1 N–H and O–H groups in total. The van der Waals surface area contributed by atoms with Crippen molar-refractivity contribution in [2.24, 2.45) is 5.41 Å². The lowest BCUT2D eigenvalue weighted by molar-refractivity contribution is 0.116. The van der Waals surface area contributed by atoms with Crippen molar-refractivity contribution in [1.29, 1.82) is 0 Å². The average Bonchev–Trinajstić information content (AvgIpc) is 2.00. The van der Waals surface area contributed by atoms with Crippen LogP contribution in [0.1, 0.15) is 47.0 Å². The first-order chi connectivity index (χ1) is 6.47. The van der Waals surface area contributed by atoms with Crippen LogP contribution in [0.4, 0.5) is 0 Å². The summed E-state index contributed by atoms with van der Waals surface area (Å²) in [6.45, 7) is 8.72. The molecular formula is C13H22O. The number of hydrogen-bond donors (Lipinski definition) is 1. The molecule has 0 bridgehead atoms. The molecule has 0 amide bonds. The maximum absolute atomic E-state index is 9.70. The van der Waals surface area contributed by atoms with E-state index in [1.807, 2.05) is 0 Å². The molecule has 0 aliphatic heterocycles. The van der Waals surface area contributed by atoms with Crippen LogP contribution >= 0.6 is 0 Å². The molecule has 0 heterocycles. The highest BCUT2D eigenvalue weighted by molar-refractivity contribution is 5.33. The molecule has 1 rings (SSSR count). The van der Waals surface area contributed by atoms with E-state index in [9.17, 15) is 5.11 Å². The Labute approximate surface area is 87.5 Å². The molecule has 0 saturated heterocycles. The molecule has 1 heteroatoms. The first kappa shape index (κ1) is 11.5. The van der Waals surface area contributed by atoms with E-state index in [1.54, 1.807) is 0 Å². The molecule has 0 saturated carbocycles. The highest BCUT2D eigenvalue weighted by Gasteiger charge is 2.31. The van der Waals surface area contributed by atoms with Crippen LogP contribution in [0.25, 0.3) is 0 Å². The molecule has 0 fully saturated rings. The van der Waals surface area contributed by atoms with Gasteiger partial charge in [-0.2, -0.15) is 0 Å². The third-order valence-corrected chi connectivity index (χ3v) is 3.00. The van der Waals surface area contributed by atoms with Crippen molar-refractivity contribution >= 4 is 0 Å². The van der Waals surface area contributed by atoms with Gasteiger partial charge in [0, 0.05) is 0 Å². The minimum absolute atomic E-state index is 0.132. The zero-order chi connectivity index (χ0) is 10.8. The van der Waals surface area contributed by atoms with Gasteiger partial charge in [-0.3, -0.25) is 0 Å². The third kappa shape index (κ3) is 2.48. The average molecular weight is 194 g/mol. The summed E-state index contributed by atoms with van der Waals surface area (Å²) in [7, 11) is 0. The van der Waals surface area contributed by atoms with Crippen molar-refractivity contribution in [2.75, 3.05) is 0 Å². The molecule has 1 aliphatic rings. The Hall–Kier alpha value is -0.560. The minimum atomic E-state index is -0.149. The quantitative estimate of drug-likeness (QED) is 0.714. The third-order valence-electron chi connectivity index (χ3n) is 3.00. The molecule has 0 aromatic heterocycles. The topological polar surface area (TPSA) is 20.2 Å². The van der Waals surface area contributed by atoms with Gasteiger partial charge in [-0.1, -0.05) is 38.5 Å². The lowest BCUT2D eigenvalue weighted by Gasteiger charge is -2.35. The summed E-state index contributed by atoms with van der Waals surface area (Å²) in [6, 6.07) is 0. The zero-order valence-corrected chi connectivity index (χ0v) is 9.80. The number of aliphatic hydroxyl groups is 1. The van der Waals surface area contributed by atoms with E-state index in [0.717, 1.165) is 19.3 Å². The van der Waals surface area contributed by atoms with Crippen molar-refractivity contribution < 1.29 is 5.11 Å². The van der Waals surface area contributed by atoms with Gasteiger partial charge in [0.05, 0.1) is 6.10 Å². The van der Waals surface area contributed by atoms with Gasteiger partial charge >= 0.3 is 0 Å². The molecule has 80 valence electrons. The number of hydrogen-bond acceptors (Lipinski definition) is 1. The summed E-state index contributed by atoms with van der Waals surface area (Å²) in [4.78, 5) is 0. The van der Waals surface area contributed by atoms with Crippen LogP contribution in [0.3, 0.4) is 0 Å². The van der Waals surface area contributed by atoms with Gasteiger partial charge in [0.2, 0.25) is 0 Å². The van der Waals surface area contributed by atoms with Crippen LogP contribution < -0.4 is 0 Å². The van der Waals surface area contributed by atoms with Crippen LogP contribution in [-0.2, 0) is 0 Å². The second-order valence-corrected chi connectivity index (χ2v) is 4.95. The van der Waals surface area contributed by atoms with Crippen LogP contribution in [0.5, 0.6) is 0 Å². The second-order valence-electron chi connectivity index (χ2n) is 4.95. The largest absolute Gasteiger partial charge is 0.393 e. The smallest absolute Gasteiger partial charge is 0.0585 e. The molecule has 0 spiro atoms. The first-order valence-corrected chi connectivity index (χ1v) is 5.52. The Morgan fingerprint density at radius 3 is 2.64 bits per heavy atom. The van der Waals surface area contributed by atoms with Gasteiger partial charge in [-0.15, -0.1) is 0 Å². The SMILES string of the molecule is CC/C=C/C1=C(C)CC(O)CC1(C)C. The summed E-state index contributed by atoms with van der Waals surface area (Å²) in [6.07, 6.45) is 7.10. The van der Waals surface area contributed by atoms with Gasteiger partial charge in [0.25, 0.3) is 0 Å². The Morgan fingerprint density at radius 2 is 2.14 bits per heavy atom. The Kier molecular flexibility index (Phi) is 3.54. The van der Waals surface area contributed by atoms with E-state index in [-0.39, 0.29) is 11.5 Å². The van der Waals surface area contributed by atoms with E-state index in [1.165, 1.54) is 11.1 Å². The summed E-state index contributed by atoms with van der Waals surface area (Å²) in [5.74, 6) is 0. The van der Waals surface area contributed by atoms with Crippen LogP contribution in [-0.4, -0.2) is 11.2 Å². The lowest BCUT2D eigenvalue weighted by atomic mass is 9.71.